The molecule has 0 aliphatic heterocycles. The lowest BCUT2D eigenvalue weighted by Gasteiger charge is -2.32. The fraction of sp³-hybridized carbons (Fsp3) is 0.545. The van der Waals surface area contributed by atoms with E-state index in [0.717, 1.165) is 37.1 Å². The number of aliphatic imine (C=N–C) groups is 1. The molecule has 4 heteroatoms. The molecule has 0 aliphatic rings. The van der Waals surface area contributed by atoms with Gasteiger partial charge in [0.05, 0.1) is 0 Å². The molecular formula is C22H35N3O. The zero-order valence-electron chi connectivity index (χ0n) is 16.9. The van der Waals surface area contributed by atoms with E-state index in [1.165, 1.54) is 24.1 Å². The molecule has 144 valence electrons. The van der Waals surface area contributed by atoms with Gasteiger partial charge in [0.25, 0.3) is 0 Å². The molecule has 1 heterocycles. The molecule has 1 aromatic rings. The first-order valence-electron chi connectivity index (χ1n) is 9.63. The predicted molar refractivity (Wildman–Crippen MR) is 111 cm³/mol. The summed E-state index contributed by atoms with van der Waals surface area (Å²) in [5.74, 6) is 0. The van der Waals surface area contributed by atoms with Crippen LogP contribution in [0.5, 0.6) is 0 Å². The number of hydrogen-bond acceptors (Lipinski definition) is 4. The fourth-order valence-electron chi connectivity index (χ4n) is 3.10. The maximum Gasteiger partial charge on any atom is 0.0450 e. The van der Waals surface area contributed by atoms with Crippen molar-refractivity contribution in [2.24, 2.45) is 4.99 Å². The van der Waals surface area contributed by atoms with Crippen LogP contribution in [0, 0.1) is 6.92 Å². The van der Waals surface area contributed by atoms with E-state index in [1.54, 1.807) is 6.20 Å². The first-order chi connectivity index (χ1) is 12.5. The van der Waals surface area contributed by atoms with E-state index in [4.69, 9.17) is 0 Å². The van der Waals surface area contributed by atoms with Gasteiger partial charge in [-0.2, -0.15) is 0 Å². The van der Waals surface area contributed by atoms with Crippen LogP contribution < -0.4 is 0 Å². The average molecular weight is 358 g/mol. The van der Waals surface area contributed by atoms with Crippen molar-refractivity contribution in [3.8, 4) is 0 Å². The molecule has 0 saturated carbocycles. The highest BCUT2D eigenvalue weighted by atomic mass is 16.3. The summed E-state index contributed by atoms with van der Waals surface area (Å²) in [4.78, 5) is 11.2. The standard InChI is InChI=1S/C22H35N3O/c1-6-8-12-22(15-16-26)25(5)19(4)20(17-23-7-2)13-14-21-11-9-10-18(3)24-21/h7,9-11,17,22,26H,2,6,8,12-16H2,1,3-5H3/b20-19+,23-17-. The highest BCUT2D eigenvalue weighted by Crippen LogP contribution is 2.20. The number of aromatic nitrogens is 1. The number of pyridine rings is 1. The second kappa shape index (κ2) is 12.4. The van der Waals surface area contributed by atoms with Crippen molar-refractivity contribution in [3.05, 3.63) is 53.6 Å². The molecule has 0 amide bonds. The van der Waals surface area contributed by atoms with E-state index in [9.17, 15) is 5.11 Å². The maximum atomic E-state index is 9.43. The SMILES string of the molecule is C=C/N=C\C(CCc1cccc(C)n1)=C(/C)N(C)C(CCO)CCCC. The van der Waals surface area contributed by atoms with Crippen LogP contribution in [0.2, 0.25) is 0 Å². The van der Waals surface area contributed by atoms with Gasteiger partial charge in [-0.15, -0.1) is 0 Å². The zero-order valence-corrected chi connectivity index (χ0v) is 16.9. The largest absolute Gasteiger partial charge is 0.396 e. The molecule has 4 nitrogen and oxygen atoms in total. The lowest BCUT2D eigenvalue weighted by Crippen LogP contribution is -2.32. The molecule has 1 N–H and O–H groups in total. The Morgan fingerprint density at radius 3 is 2.77 bits per heavy atom. The molecule has 0 radical (unpaired) electrons. The Bertz CT molecular complexity index is 607. The van der Waals surface area contributed by atoms with Crippen LogP contribution in [0.4, 0.5) is 0 Å². The number of aliphatic hydroxyl groups is 1. The number of nitrogens with zero attached hydrogens (tertiary/aromatic N) is 3. The molecule has 1 unspecified atom stereocenters. The molecule has 0 fully saturated rings. The van der Waals surface area contributed by atoms with Crippen molar-refractivity contribution >= 4 is 6.21 Å². The minimum absolute atomic E-state index is 0.218. The van der Waals surface area contributed by atoms with Gasteiger partial charge >= 0.3 is 0 Å². The highest BCUT2D eigenvalue weighted by Gasteiger charge is 2.16. The van der Waals surface area contributed by atoms with Gasteiger partial charge in [0.15, 0.2) is 0 Å². The van der Waals surface area contributed by atoms with Crippen LogP contribution in [0.3, 0.4) is 0 Å². The number of aryl methyl sites for hydroxylation is 2. The van der Waals surface area contributed by atoms with Gasteiger partial charge in [-0.05, 0) is 57.2 Å². The molecule has 1 rings (SSSR count). The lowest BCUT2D eigenvalue weighted by molar-refractivity contribution is 0.203. The molecule has 1 atom stereocenters. The van der Waals surface area contributed by atoms with Crippen LogP contribution in [0.25, 0.3) is 0 Å². The second-order valence-electron chi connectivity index (χ2n) is 6.76. The van der Waals surface area contributed by atoms with Crippen molar-refractivity contribution in [2.45, 2.75) is 65.3 Å². The van der Waals surface area contributed by atoms with E-state index >= 15 is 0 Å². The number of allylic oxidation sites excluding steroid dienone is 2. The van der Waals surface area contributed by atoms with E-state index in [0.29, 0.717) is 6.04 Å². The number of unbranched alkanes of at least 4 members (excludes halogenated alkanes) is 1. The minimum Gasteiger partial charge on any atom is -0.396 e. The highest BCUT2D eigenvalue weighted by molar-refractivity contribution is 5.79. The third-order valence-corrected chi connectivity index (χ3v) is 4.83. The third kappa shape index (κ3) is 7.52. The Kier molecular flexibility index (Phi) is 10.6. The van der Waals surface area contributed by atoms with E-state index in [-0.39, 0.29) is 6.61 Å². The van der Waals surface area contributed by atoms with Gasteiger partial charge in [-0.1, -0.05) is 32.4 Å². The summed E-state index contributed by atoms with van der Waals surface area (Å²) in [5.41, 5.74) is 4.54. The Balaban J connectivity index is 2.97. The average Bonchev–Trinajstić information content (AvgIpc) is 2.64. The fourth-order valence-corrected chi connectivity index (χ4v) is 3.10. The van der Waals surface area contributed by atoms with Crippen molar-refractivity contribution in [1.82, 2.24) is 9.88 Å². The van der Waals surface area contributed by atoms with E-state index < -0.39 is 0 Å². The quantitative estimate of drug-likeness (QED) is 0.552. The molecule has 1 aromatic heterocycles. The maximum absolute atomic E-state index is 9.43. The Morgan fingerprint density at radius 1 is 1.38 bits per heavy atom. The zero-order chi connectivity index (χ0) is 19.4. The summed E-state index contributed by atoms with van der Waals surface area (Å²) < 4.78 is 0. The van der Waals surface area contributed by atoms with Gasteiger partial charge in [-0.3, -0.25) is 9.98 Å². The van der Waals surface area contributed by atoms with Crippen molar-refractivity contribution in [2.75, 3.05) is 13.7 Å². The normalized spacial score (nSPS) is 13.6. The molecule has 0 aromatic carbocycles. The molecular weight excluding hydrogens is 322 g/mol. The van der Waals surface area contributed by atoms with Crippen LogP contribution in [0.15, 0.2) is 47.2 Å². The Morgan fingerprint density at radius 2 is 2.15 bits per heavy atom. The summed E-state index contributed by atoms with van der Waals surface area (Å²) in [6.07, 6.45) is 9.46. The van der Waals surface area contributed by atoms with Crippen molar-refractivity contribution in [1.29, 1.82) is 0 Å². The molecule has 26 heavy (non-hydrogen) atoms. The van der Waals surface area contributed by atoms with Gasteiger partial charge in [0.1, 0.15) is 0 Å². The monoisotopic (exact) mass is 357 g/mol. The molecule has 0 aliphatic carbocycles. The van der Waals surface area contributed by atoms with Gasteiger partial charge in [0, 0.05) is 49.2 Å². The summed E-state index contributed by atoms with van der Waals surface area (Å²) in [6, 6.07) is 6.50. The van der Waals surface area contributed by atoms with E-state index in [2.05, 4.69) is 54.5 Å². The topological polar surface area (TPSA) is 48.7 Å². The summed E-state index contributed by atoms with van der Waals surface area (Å²) in [5, 5.41) is 9.43. The van der Waals surface area contributed by atoms with Gasteiger partial charge in [0.2, 0.25) is 0 Å². The van der Waals surface area contributed by atoms with Crippen LogP contribution in [-0.2, 0) is 6.42 Å². The summed E-state index contributed by atoms with van der Waals surface area (Å²) >= 11 is 0. The first-order valence-corrected chi connectivity index (χ1v) is 9.63. The molecule has 0 bridgehead atoms. The Hall–Kier alpha value is -1.94. The van der Waals surface area contributed by atoms with Crippen LogP contribution >= 0.6 is 0 Å². The van der Waals surface area contributed by atoms with Crippen molar-refractivity contribution in [3.63, 3.8) is 0 Å². The lowest BCUT2D eigenvalue weighted by atomic mass is 10.0. The van der Waals surface area contributed by atoms with E-state index in [1.807, 2.05) is 19.2 Å². The first kappa shape index (κ1) is 22.1. The third-order valence-electron chi connectivity index (χ3n) is 4.83. The Labute approximate surface area is 159 Å². The summed E-state index contributed by atoms with van der Waals surface area (Å²) in [7, 11) is 2.12. The summed E-state index contributed by atoms with van der Waals surface area (Å²) in [6.45, 7) is 10.3. The van der Waals surface area contributed by atoms with Crippen LogP contribution in [-0.4, -0.2) is 40.9 Å². The minimum atomic E-state index is 0.218. The number of aliphatic hydroxyl groups excluding tert-OH is 1. The van der Waals surface area contributed by atoms with Crippen LogP contribution in [0.1, 0.15) is 57.3 Å². The smallest absolute Gasteiger partial charge is 0.0450 e. The van der Waals surface area contributed by atoms with Crippen molar-refractivity contribution < 1.29 is 5.11 Å². The van der Waals surface area contributed by atoms with Gasteiger partial charge in [-0.25, -0.2) is 0 Å². The number of rotatable bonds is 12. The van der Waals surface area contributed by atoms with Gasteiger partial charge < -0.3 is 10.0 Å². The predicted octanol–water partition coefficient (Wildman–Crippen LogP) is 4.68. The molecule has 0 spiro atoms. The second-order valence-corrected chi connectivity index (χ2v) is 6.76. The number of hydrogen-bond donors (Lipinski definition) is 1. The molecule has 0 saturated heterocycles.